The van der Waals surface area contributed by atoms with Gasteiger partial charge in [0, 0.05) is 12.8 Å². The van der Waals surface area contributed by atoms with Crippen LogP contribution in [0.4, 0.5) is 0 Å². The normalized spacial score (nSPS) is 21.9. The van der Waals surface area contributed by atoms with Gasteiger partial charge in [-0.05, 0) is 35.4 Å². The van der Waals surface area contributed by atoms with E-state index < -0.39 is 5.41 Å². The molecule has 0 radical (unpaired) electrons. The molecule has 1 aliphatic carbocycles. The zero-order chi connectivity index (χ0) is 14.0. The van der Waals surface area contributed by atoms with Crippen molar-refractivity contribution in [3.05, 3.63) is 36.2 Å². The number of ketones is 1. The molecule has 0 amide bonds. The Morgan fingerprint density at radius 2 is 2.15 bits per heavy atom. The van der Waals surface area contributed by atoms with Gasteiger partial charge in [-0.1, -0.05) is 18.2 Å². The fourth-order valence-corrected chi connectivity index (χ4v) is 2.63. The minimum atomic E-state index is -0.957. The molecule has 1 atom stereocenters. The van der Waals surface area contributed by atoms with Crippen LogP contribution < -0.4 is 0 Å². The highest BCUT2D eigenvalue weighted by Crippen LogP contribution is 2.37. The predicted molar refractivity (Wildman–Crippen MR) is 69.8 cm³/mol. The third kappa shape index (κ3) is 1.97. The zero-order valence-corrected chi connectivity index (χ0v) is 10.9. The van der Waals surface area contributed by atoms with Crippen molar-refractivity contribution in [1.29, 1.82) is 5.26 Å². The molecule has 1 heterocycles. The van der Waals surface area contributed by atoms with Crippen molar-refractivity contribution in [3.63, 3.8) is 0 Å². The third-order valence-corrected chi connectivity index (χ3v) is 3.75. The molecule has 0 N–H and O–H groups in total. The molecule has 1 aromatic heterocycles. The summed E-state index contributed by atoms with van der Waals surface area (Å²) in [5.41, 5.74) is -0.132. The molecule has 20 heavy (non-hydrogen) atoms. The second-order valence-electron chi connectivity index (χ2n) is 4.99. The van der Waals surface area contributed by atoms with Gasteiger partial charge in [-0.3, -0.25) is 4.79 Å². The summed E-state index contributed by atoms with van der Waals surface area (Å²) in [4.78, 5) is 12.0. The van der Waals surface area contributed by atoms with Crippen molar-refractivity contribution in [2.75, 3.05) is 0 Å². The van der Waals surface area contributed by atoms with Crippen LogP contribution in [0.2, 0.25) is 0 Å². The van der Waals surface area contributed by atoms with E-state index in [-0.39, 0.29) is 12.2 Å². The van der Waals surface area contributed by atoms with Gasteiger partial charge in [0.15, 0.2) is 11.6 Å². The summed E-state index contributed by atoms with van der Waals surface area (Å²) < 4.78 is 1.59. The zero-order valence-electron chi connectivity index (χ0n) is 10.9. The summed E-state index contributed by atoms with van der Waals surface area (Å²) in [6.07, 6.45) is 2.09. The lowest BCUT2D eigenvalue weighted by molar-refractivity contribution is -0.123. The molecular formula is C14H13N5O. The minimum Gasteiger partial charge on any atom is -0.298 e. The van der Waals surface area contributed by atoms with Crippen LogP contribution in [0, 0.1) is 16.7 Å². The molecule has 100 valence electrons. The standard InChI is InChI=1S/C14H13N5O/c15-10-14(8-4-7-12(14)20)9-13-16-17-18-19(13)11-5-2-1-3-6-11/h1-3,5-6H,4,7-9H2. The van der Waals surface area contributed by atoms with E-state index in [1.807, 2.05) is 30.3 Å². The van der Waals surface area contributed by atoms with Crippen molar-refractivity contribution in [2.45, 2.75) is 25.7 Å². The molecule has 1 aliphatic rings. The maximum Gasteiger partial charge on any atom is 0.158 e. The lowest BCUT2D eigenvalue weighted by Gasteiger charge is -2.17. The molecule has 0 spiro atoms. The van der Waals surface area contributed by atoms with E-state index in [1.54, 1.807) is 4.68 Å². The van der Waals surface area contributed by atoms with Crippen molar-refractivity contribution in [1.82, 2.24) is 20.2 Å². The predicted octanol–water partition coefficient (Wildman–Crippen LogP) is 1.47. The molecule has 6 heteroatoms. The van der Waals surface area contributed by atoms with E-state index >= 15 is 0 Å². The number of hydrogen-bond donors (Lipinski definition) is 0. The van der Waals surface area contributed by atoms with E-state index in [9.17, 15) is 10.1 Å². The topological polar surface area (TPSA) is 84.5 Å². The Bertz CT molecular complexity index is 672. The number of para-hydroxylation sites is 1. The summed E-state index contributed by atoms with van der Waals surface area (Å²) in [5.74, 6) is 0.551. The Morgan fingerprint density at radius 1 is 1.35 bits per heavy atom. The van der Waals surface area contributed by atoms with Gasteiger partial charge in [0.2, 0.25) is 0 Å². The van der Waals surface area contributed by atoms with Crippen LogP contribution in [0.15, 0.2) is 30.3 Å². The first-order valence-electron chi connectivity index (χ1n) is 6.52. The van der Waals surface area contributed by atoms with E-state index in [4.69, 9.17) is 0 Å². The van der Waals surface area contributed by atoms with E-state index in [1.165, 1.54) is 0 Å². The average molecular weight is 267 g/mol. The van der Waals surface area contributed by atoms with Gasteiger partial charge in [-0.25, -0.2) is 0 Å². The van der Waals surface area contributed by atoms with Gasteiger partial charge in [0.25, 0.3) is 0 Å². The molecule has 3 rings (SSSR count). The lowest BCUT2D eigenvalue weighted by atomic mass is 9.83. The number of hydrogen-bond acceptors (Lipinski definition) is 5. The second-order valence-corrected chi connectivity index (χ2v) is 4.99. The second kappa shape index (κ2) is 4.85. The van der Waals surface area contributed by atoms with E-state index in [0.717, 1.165) is 12.1 Å². The van der Waals surface area contributed by atoms with Crippen LogP contribution in [0.5, 0.6) is 0 Å². The molecule has 6 nitrogen and oxygen atoms in total. The number of aromatic nitrogens is 4. The number of carbonyl (C=O) groups is 1. The Hall–Kier alpha value is -2.55. The first-order valence-corrected chi connectivity index (χ1v) is 6.52. The summed E-state index contributed by atoms with van der Waals surface area (Å²) >= 11 is 0. The van der Waals surface area contributed by atoms with Crippen LogP contribution in [-0.4, -0.2) is 26.0 Å². The van der Waals surface area contributed by atoms with Gasteiger partial charge < -0.3 is 0 Å². The van der Waals surface area contributed by atoms with Crippen molar-refractivity contribution in [3.8, 4) is 11.8 Å². The molecule has 1 aromatic carbocycles. The number of rotatable bonds is 3. The van der Waals surface area contributed by atoms with Crippen molar-refractivity contribution < 1.29 is 4.79 Å². The Balaban J connectivity index is 1.96. The third-order valence-electron chi connectivity index (χ3n) is 3.75. The number of tetrazole rings is 1. The molecule has 1 saturated carbocycles. The van der Waals surface area contributed by atoms with Crippen LogP contribution in [0.3, 0.4) is 0 Å². The van der Waals surface area contributed by atoms with Gasteiger partial charge >= 0.3 is 0 Å². The van der Waals surface area contributed by atoms with Crippen LogP contribution >= 0.6 is 0 Å². The van der Waals surface area contributed by atoms with E-state index in [2.05, 4.69) is 21.6 Å². The maximum absolute atomic E-state index is 12.0. The largest absolute Gasteiger partial charge is 0.298 e. The Kier molecular flexibility index (Phi) is 3.03. The summed E-state index contributed by atoms with van der Waals surface area (Å²) in [6, 6.07) is 11.6. The fraction of sp³-hybridized carbons (Fsp3) is 0.357. The maximum atomic E-state index is 12.0. The van der Waals surface area contributed by atoms with Crippen molar-refractivity contribution >= 4 is 5.78 Å². The lowest BCUT2D eigenvalue weighted by Crippen LogP contribution is -2.28. The molecule has 0 saturated heterocycles. The van der Waals surface area contributed by atoms with Crippen molar-refractivity contribution in [2.24, 2.45) is 5.41 Å². The average Bonchev–Trinajstić information content (AvgIpc) is 3.08. The van der Waals surface area contributed by atoms with Gasteiger partial charge in [-0.2, -0.15) is 9.94 Å². The molecule has 0 bridgehead atoms. The fourth-order valence-electron chi connectivity index (χ4n) is 2.63. The van der Waals surface area contributed by atoms with Gasteiger partial charge in [0.1, 0.15) is 5.41 Å². The number of benzene rings is 1. The quantitative estimate of drug-likeness (QED) is 0.840. The number of nitrogens with zero attached hydrogens (tertiary/aromatic N) is 5. The van der Waals surface area contributed by atoms with E-state index in [0.29, 0.717) is 18.7 Å². The van der Waals surface area contributed by atoms with Gasteiger partial charge in [-0.15, -0.1) is 5.10 Å². The molecule has 1 unspecified atom stereocenters. The molecular weight excluding hydrogens is 254 g/mol. The first kappa shape index (κ1) is 12.5. The smallest absolute Gasteiger partial charge is 0.158 e. The highest BCUT2D eigenvalue weighted by molar-refractivity contribution is 5.89. The molecule has 1 fully saturated rings. The molecule has 0 aliphatic heterocycles. The summed E-state index contributed by atoms with van der Waals surface area (Å²) in [6.45, 7) is 0. The number of nitriles is 1. The monoisotopic (exact) mass is 267 g/mol. The highest BCUT2D eigenvalue weighted by Gasteiger charge is 2.43. The van der Waals surface area contributed by atoms with Crippen LogP contribution in [-0.2, 0) is 11.2 Å². The molecule has 2 aromatic rings. The first-order chi connectivity index (χ1) is 9.75. The van der Waals surface area contributed by atoms with Gasteiger partial charge in [0.05, 0.1) is 11.8 Å². The Morgan fingerprint density at radius 3 is 2.80 bits per heavy atom. The summed E-state index contributed by atoms with van der Waals surface area (Å²) in [5, 5.41) is 21.0. The number of Topliss-reactive ketones (excluding diaryl/α,β-unsaturated/α-hetero) is 1. The van der Waals surface area contributed by atoms with Crippen LogP contribution in [0.25, 0.3) is 5.69 Å². The SMILES string of the molecule is N#CC1(Cc2nnnn2-c2ccccc2)CCCC1=O. The highest BCUT2D eigenvalue weighted by atomic mass is 16.1. The van der Waals surface area contributed by atoms with Crippen LogP contribution in [0.1, 0.15) is 25.1 Å². The number of carbonyl (C=O) groups excluding carboxylic acids is 1. The summed E-state index contributed by atoms with van der Waals surface area (Å²) in [7, 11) is 0. The minimum absolute atomic E-state index is 0.00242. The Labute approximate surface area is 116 Å².